The van der Waals surface area contributed by atoms with Crippen LogP contribution in [-0.4, -0.2) is 83.9 Å². The van der Waals surface area contributed by atoms with E-state index >= 15 is 0 Å². The third-order valence-electron chi connectivity index (χ3n) is 6.38. The lowest BCUT2D eigenvalue weighted by Gasteiger charge is -2.17. The number of nitrogens with two attached hydrogens (primary N) is 1. The average Bonchev–Trinajstić information content (AvgIpc) is 3.48. The second-order valence-electron chi connectivity index (χ2n) is 10.1. The Balaban J connectivity index is 0.000000687. The number of rotatable bonds is 9. The molecule has 1 heterocycles. The van der Waals surface area contributed by atoms with E-state index in [2.05, 4.69) is 16.0 Å². The molecule has 2 aromatic carbocycles. The number of alkyl halides is 6. The van der Waals surface area contributed by atoms with Gasteiger partial charge in [-0.3, -0.25) is 15.0 Å². The summed E-state index contributed by atoms with van der Waals surface area (Å²) >= 11 is 0. The van der Waals surface area contributed by atoms with Crippen LogP contribution in [0.15, 0.2) is 48.5 Å². The van der Waals surface area contributed by atoms with Gasteiger partial charge in [-0.15, -0.1) is 0 Å². The van der Waals surface area contributed by atoms with Crippen LogP contribution in [0.5, 0.6) is 0 Å². The van der Waals surface area contributed by atoms with Crippen molar-refractivity contribution in [1.82, 2.24) is 16.0 Å². The van der Waals surface area contributed by atoms with Gasteiger partial charge in [-0.2, -0.15) is 26.3 Å². The van der Waals surface area contributed by atoms with Crippen molar-refractivity contribution in [2.24, 2.45) is 11.7 Å². The minimum atomic E-state index is -5.08. The van der Waals surface area contributed by atoms with E-state index in [4.69, 9.17) is 35.7 Å². The molecule has 2 amide bonds. The number of methoxy groups -OCH3 is 1. The number of hydrogen-bond acceptors (Lipinski definition) is 8. The van der Waals surface area contributed by atoms with Crippen molar-refractivity contribution in [1.29, 1.82) is 5.41 Å². The molecule has 0 radical (unpaired) electrons. The van der Waals surface area contributed by atoms with Crippen LogP contribution < -0.4 is 21.7 Å². The number of amidine groups is 1. The maximum absolute atomic E-state index is 12.7. The number of halogens is 6. The fraction of sp³-hybridized carbons (Fsp3) is 0.379. The number of carbonyl (C=O) groups excluding carboxylic acids is 3. The number of aliphatic carboxylic acids is 2. The zero-order valence-corrected chi connectivity index (χ0v) is 25.4. The summed E-state index contributed by atoms with van der Waals surface area (Å²) in [6.45, 7) is 2.64. The predicted octanol–water partition coefficient (Wildman–Crippen LogP) is 2.37. The van der Waals surface area contributed by atoms with E-state index in [9.17, 15) is 40.7 Å². The first-order valence-corrected chi connectivity index (χ1v) is 13.7. The number of carboxylic acid groups (broad SMARTS) is 2. The van der Waals surface area contributed by atoms with Crippen LogP contribution in [0.25, 0.3) is 0 Å². The second kappa shape index (κ2) is 18.2. The fourth-order valence-electron chi connectivity index (χ4n) is 3.96. The second-order valence-corrected chi connectivity index (χ2v) is 10.1. The number of hydrogen-bond donors (Lipinski definition) is 7. The van der Waals surface area contributed by atoms with Crippen LogP contribution >= 0.6 is 0 Å². The topological polar surface area (TPSA) is 221 Å². The minimum absolute atomic E-state index is 0.00982. The van der Waals surface area contributed by atoms with Crippen LogP contribution in [0.1, 0.15) is 40.4 Å². The van der Waals surface area contributed by atoms with Gasteiger partial charge < -0.3 is 36.6 Å². The van der Waals surface area contributed by atoms with E-state index in [1.54, 1.807) is 37.3 Å². The highest BCUT2D eigenvalue weighted by atomic mass is 19.4. The molecule has 1 aliphatic heterocycles. The molecule has 0 aliphatic carbocycles. The molecule has 3 rings (SSSR count). The molecular weight excluding hydrogens is 660 g/mol. The molecule has 1 unspecified atom stereocenters. The number of nitrogen functional groups attached to an aromatic ring is 1. The number of benzene rings is 2. The largest absolute Gasteiger partial charge is 0.490 e. The van der Waals surface area contributed by atoms with Crippen molar-refractivity contribution >= 4 is 35.6 Å². The fourth-order valence-corrected chi connectivity index (χ4v) is 3.96. The van der Waals surface area contributed by atoms with Crippen LogP contribution in [0.3, 0.4) is 0 Å². The Morgan fingerprint density at radius 2 is 1.50 bits per heavy atom. The van der Waals surface area contributed by atoms with Gasteiger partial charge in [-0.1, -0.05) is 36.4 Å². The first kappa shape index (κ1) is 40.8. The van der Waals surface area contributed by atoms with Crippen LogP contribution in [0, 0.1) is 11.3 Å². The molecule has 1 aliphatic rings. The van der Waals surface area contributed by atoms with E-state index in [1.165, 1.54) is 7.11 Å². The Kier molecular flexibility index (Phi) is 15.5. The Morgan fingerprint density at radius 3 is 1.98 bits per heavy atom. The van der Waals surface area contributed by atoms with Gasteiger partial charge in [0, 0.05) is 12.1 Å². The molecule has 2 aromatic rings. The Bertz CT molecular complexity index is 1430. The quantitative estimate of drug-likeness (QED) is 0.0880. The zero-order valence-electron chi connectivity index (χ0n) is 25.4. The summed E-state index contributed by atoms with van der Waals surface area (Å²) in [6, 6.07) is 13.3. The summed E-state index contributed by atoms with van der Waals surface area (Å²) in [5.41, 5.74) is 8.46. The van der Waals surface area contributed by atoms with Gasteiger partial charge in [0.05, 0.1) is 18.7 Å². The standard InChI is InChI=1S/C25H31N5O4.2C2HF3O2/c1-15(23(31)29-13-16-6-8-19(9-7-16)22(26)27)30-24(32)21-12-18(14-28-21)10-17-4-3-5-20(11-17)25(33)34-2;2*3-2(4,5)1(6)7/h3-9,11,15,18,21,28H,10,12-14H2,1-2H3,(H3,26,27)(H,29,31)(H,30,32);2*(H,6,7)/t15?,18-,21+;;/m0../s1. The van der Waals surface area contributed by atoms with Gasteiger partial charge in [-0.05, 0) is 55.5 Å². The van der Waals surface area contributed by atoms with Gasteiger partial charge in [0.25, 0.3) is 0 Å². The van der Waals surface area contributed by atoms with Gasteiger partial charge in [0.2, 0.25) is 11.8 Å². The lowest BCUT2D eigenvalue weighted by Crippen LogP contribution is -2.49. The highest BCUT2D eigenvalue weighted by molar-refractivity contribution is 5.95. The third-order valence-corrected chi connectivity index (χ3v) is 6.38. The van der Waals surface area contributed by atoms with E-state index in [0.29, 0.717) is 30.6 Å². The number of nitrogens with one attached hydrogen (secondary N) is 4. The molecule has 8 N–H and O–H groups in total. The number of ether oxygens (including phenoxy) is 1. The number of carbonyl (C=O) groups is 5. The van der Waals surface area contributed by atoms with Crippen molar-refractivity contribution in [3.63, 3.8) is 0 Å². The lowest BCUT2D eigenvalue weighted by molar-refractivity contribution is -0.193. The molecule has 3 atom stereocenters. The minimum Gasteiger partial charge on any atom is -0.475 e. The predicted molar refractivity (Wildman–Crippen MR) is 156 cm³/mol. The molecule has 0 spiro atoms. The highest BCUT2D eigenvalue weighted by Crippen LogP contribution is 2.20. The summed E-state index contributed by atoms with van der Waals surface area (Å²) in [4.78, 5) is 54.6. The molecular formula is C29H33F6N5O8. The van der Waals surface area contributed by atoms with Gasteiger partial charge in [0.1, 0.15) is 11.9 Å². The summed E-state index contributed by atoms with van der Waals surface area (Å²) < 4.78 is 68.2. The molecule has 13 nitrogen and oxygen atoms in total. The molecule has 48 heavy (non-hydrogen) atoms. The monoisotopic (exact) mass is 693 g/mol. The van der Waals surface area contributed by atoms with Crippen molar-refractivity contribution in [2.75, 3.05) is 13.7 Å². The highest BCUT2D eigenvalue weighted by Gasteiger charge is 2.39. The smallest absolute Gasteiger partial charge is 0.475 e. The van der Waals surface area contributed by atoms with Crippen molar-refractivity contribution < 1.29 is 65.3 Å². The molecule has 0 bridgehead atoms. The van der Waals surface area contributed by atoms with Crippen molar-refractivity contribution in [2.45, 2.75) is 50.7 Å². The van der Waals surface area contributed by atoms with Crippen molar-refractivity contribution in [3.8, 4) is 0 Å². The Labute approximate surface area is 269 Å². The number of esters is 1. The molecule has 0 aromatic heterocycles. The van der Waals surface area contributed by atoms with Crippen molar-refractivity contribution in [3.05, 3.63) is 70.8 Å². The molecule has 19 heteroatoms. The summed E-state index contributed by atoms with van der Waals surface area (Å²) in [5, 5.41) is 30.5. The van der Waals surface area contributed by atoms with Gasteiger partial charge >= 0.3 is 30.3 Å². The van der Waals surface area contributed by atoms with E-state index < -0.39 is 30.3 Å². The number of amides is 2. The van der Waals surface area contributed by atoms with Crippen LogP contribution in [-0.2, 0) is 36.9 Å². The maximum Gasteiger partial charge on any atom is 0.490 e. The third kappa shape index (κ3) is 14.5. The first-order chi connectivity index (χ1) is 22.1. The van der Waals surface area contributed by atoms with E-state index in [-0.39, 0.29) is 35.6 Å². The van der Waals surface area contributed by atoms with Crippen LogP contribution in [0.4, 0.5) is 26.3 Å². The Hall–Kier alpha value is -5.20. The SMILES string of the molecule is COC(=O)c1cccc(C[C@@H]2CN[C@@H](C(=O)NC(C)C(=O)NCc3ccc(C(=N)N)cc3)C2)c1.O=C(O)C(F)(F)F.O=C(O)C(F)(F)F. The molecule has 1 saturated heterocycles. The lowest BCUT2D eigenvalue weighted by atomic mass is 9.95. The molecule has 1 fully saturated rings. The molecule has 0 saturated carbocycles. The Morgan fingerprint density at radius 1 is 0.958 bits per heavy atom. The summed E-state index contributed by atoms with van der Waals surface area (Å²) in [6.07, 6.45) is -8.79. The van der Waals surface area contributed by atoms with Crippen LogP contribution in [0.2, 0.25) is 0 Å². The number of carboxylic acids is 2. The summed E-state index contributed by atoms with van der Waals surface area (Å²) in [5.74, 6) is -6.14. The van der Waals surface area contributed by atoms with Gasteiger partial charge in [-0.25, -0.2) is 14.4 Å². The van der Waals surface area contributed by atoms with E-state index in [1.807, 2.05) is 18.2 Å². The zero-order chi connectivity index (χ0) is 36.8. The first-order valence-electron chi connectivity index (χ1n) is 13.7. The van der Waals surface area contributed by atoms with Gasteiger partial charge in [0.15, 0.2) is 0 Å². The maximum atomic E-state index is 12.7. The van der Waals surface area contributed by atoms with E-state index in [0.717, 1.165) is 17.5 Å². The molecule has 264 valence electrons. The summed E-state index contributed by atoms with van der Waals surface area (Å²) in [7, 11) is 1.35. The average molecular weight is 694 g/mol. The normalized spacial score (nSPS) is 16.1.